The van der Waals surface area contributed by atoms with E-state index in [-0.39, 0.29) is 30.7 Å². The second-order valence-corrected chi connectivity index (χ2v) is 10.8. The Hall–Kier alpha value is -3.04. The second kappa shape index (κ2) is 9.91. The molecule has 0 aliphatic carbocycles. The minimum atomic E-state index is -1.15. The van der Waals surface area contributed by atoms with Crippen molar-refractivity contribution in [3.63, 3.8) is 0 Å². The molecule has 0 spiro atoms. The number of aryl methyl sites for hydroxylation is 2. The van der Waals surface area contributed by atoms with Crippen LogP contribution in [0.3, 0.4) is 0 Å². The number of aliphatic hydroxyl groups is 1. The topological polar surface area (TPSA) is 109 Å². The number of rotatable bonds is 7. The van der Waals surface area contributed by atoms with Gasteiger partial charge in [-0.05, 0) is 37.8 Å². The van der Waals surface area contributed by atoms with Crippen LogP contribution in [0.1, 0.15) is 55.8 Å². The highest BCUT2D eigenvalue weighted by Crippen LogP contribution is 2.34. The van der Waals surface area contributed by atoms with Crippen LogP contribution in [0.25, 0.3) is 10.4 Å². The fraction of sp³-hybridized carbons (Fsp3) is 0.462. The highest BCUT2D eigenvalue weighted by Gasteiger charge is 2.47. The summed E-state index contributed by atoms with van der Waals surface area (Å²) in [5, 5.41) is 17.6. The van der Waals surface area contributed by atoms with Gasteiger partial charge in [0.2, 0.25) is 11.8 Å². The van der Waals surface area contributed by atoms with Gasteiger partial charge in [-0.25, -0.2) is 4.98 Å². The van der Waals surface area contributed by atoms with E-state index in [0.29, 0.717) is 18.0 Å². The summed E-state index contributed by atoms with van der Waals surface area (Å²) in [4.78, 5) is 33.7. The van der Waals surface area contributed by atoms with Gasteiger partial charge in [0, 0.05) is 19.0 Å². The van der Waals surface area contributed by atoms with E-state index in [0.717, 1.165) is 21.7 Å². The number of β-amino-alcohol motifs (C(OH)–C–C–N with tert-alkyl or cyclic N) is 1. The van der Waals surface area contributed by atoms with Crippen molar-refractivity contribution in [2.75, 3.05) is 6.54 Å². The second-order valence-electron chi connectivity index (χ2n) is 9.96. The molecule has 186 valence electrons. The summed E-state index contributed by atoms with van der Waals surface area (Å²) in [5.41, 5.74) is 4.41. The number of nitrogens with zero attached hydrogens (tertiary/aromatic N) is 3. The first-order chi connectivity index (χ1) is 16.6. The van der Waals surface area contributed by atoms with Crippen LogP contribution in [0.15, 0.2) is 40.4 Å². The first-order valence-electron chi connectivity index (χ1n) is 11.8. The Morgan fingerprint density at radius 3 is 2.57 bits per heavy atom. The molecule has 1 saturated heterocycles. The van der Waals surface area contributed by atoms with E-state index in [9.17, 15) is 14.7 Å². The summed E-state index contributed by atoms with van der Waals surface area (Å²) in [6.45, 7) is 9.72. The van der Waals surface area contributed by atoms with Gasteiger partial charge in [-0.15, -0.1) is 11.3 Å². The van der Waals surface area contributed by atoms with Gasteiger partial charge in [-0.3, -0.25) is 9.59 Å². The minimum absolute atomic E-state index is 0.0650. The van der Waals surface area contributed by atoms with Crippen LogP contribution in [0.2, 0.25) is 0 Å². The molecule has 0 saturated carbocycles. The lowest BCUT2D eigenvalue weighted by atomic mass is 9.91. The summed E-state index contributed by atoms with van der Waals surface area (Å²) in [7, 11) is 0. The van der Waals surface area contributed by atoms with Gasteiger partial charge in [0.15, 0.2) is 0 Å². The number of likely N-dealkylation sites (tertiary alicyclic amines) is 1. The molecule has 2 amide bonds. The number of hydrogen-bond donors (Lipinski definition) is 2. The highest BCUT2D eigenvalue weighted by atomic mass is 32.1. The lowest BCUT2D eigenvalue weighted by Gasteiger charge is -2.29. The number of nitrogens with one attached hydrogen (secondary N) is 1. The Morgan fingerprint density at radius 1 is 1.29 bits per heavy atom. The molecule has 0 unspecified atom stereocenters. The van der Waals surface area contributed by atoms with Crippen LogP contribution in [0, 0.1) is 19.8 Å². The van der Waals surface area contributed by atoms with E-state index in [1.165, 1.54) is 4.90 Å². The molecule has 3 heterocycles. The molecule has 3 atom stereocenters. The third-order valence-electron chi connectivity index (χ3n) is 6.42. The zero-order valence-electron chi connectivity index (χ0n) is 20.7. The molecule has 4 rings (SSSR count). The molecular weight excluding hydrogens is 464 g/mol. The zero-order chi connectivity index (χ0) is 25.3. The maximum Gasteiger partial charge on any atom is 0.243 e. The van der Waals surface area contributed by atoms with Gasteiger partial charge >= 0.3 is 0 Å². The van der Waals surface area contributed by atoms with Crippen LogP contribution in [0.5, 0.6) is 0 Å². The van der Waals surface area contributed by atoms with Crippen LogP contribution in [-0.2, 0) is 16.1 Å². The number of thiazole rings is 1. The van der Waals surface area contributed by atoms with E-state index < -0.39 is 17.6 Å². The molecule has 0 bridgehead atoms. The van der Waals surface area contributed by atoms with Gasteiger partial charge in [-0.1, -0.05) is 43.3 Å². The van der Waals surface area contributed by atoms with Gasteiger partial charge in [0.25, 0.3) is 0 Å². The van der Waals surface area contributed by atoms with Crippen molar-refractivity contribution in [1.82, 2.24) is 20.4 Å². The Morgan fingerprint density at radius 2 is 2.00 bits per heavy atom. The maximum atomic E-state index is 13.6. The van der Waals surface area contributed by atoms with Crippen LogP contribution in [0.4, 0.5) is 0 Å². The average molecular weight is 497 g/mol. The predicted octanol–water partition coefficient (Wildman–Crippen LogP) is 3.82. The number of carbonyl (C=O) groups is 2. The molecule has 1 fully saturated rings. The first-order valence-corrected chi connectivity index (χ1v) is 12.7. The van der Waals surface area contributed by atoms with Gasteiger partial charge in [-0.2, -0.15) is 0 Å². The summed E-state index contributed by atoms with van der Waals surface area (Å²) in [6.07, 6.45) is 0.175. The van der Waals surface area contributed by atoms with Crippen LogP contribution < -0.4 is 5.32 Å². The Labute approximate surface area is 209 Å². The minimum Gasteiger partial charge on any atom is -0.388 e. The first kappa shape index (κ1) is 25.1. The van der Waals surface area contributed by atoms with E-state index in [2.05, 4.69) is 15.5 Å². The van der Waals surface area contributed by atoms with Gasteiger partial charge < -0.3 is 19.8 Å². The summed E-state index contributed by atoms with van der Waals surface area (Å²) in [5.74, 6) is -0.689. The smallest absolute Gasteiger partial charge is 0.243 e. The number of carbonyl (C=O) groups excluding carboxylic acids is 2. The monoisotopic (exact) mass is 496 g/mol. The predicted molar refractivity (Wildman–Crippen MR) is 134 cm³/mol. The van der Waals surface area contributed by atoms with Crippen molar-refractivity contribution in [3.8, 4) is 10.4 Å². The van der Waals surface area contributed by atoms with Gasteiger partial charge in [0.05, 0.1) is 33.9 Å². The van der Waals surface area contributed by atoms with E-state index in [1.54, 1.807) is 31.3 Å². The summed E-state index contributed by atoms with van der Waals surface area (Å²) in [6, 6.07) is 8.98. The van der Waals surface area contributed by atoms with Crippen LogP contribution >= 0.6 is 11.3 Å². The number of hydrogen-bond acceptors (Lipinski definition) is 7. The normalized spacial score (nSPS) is 20.9. The third kappa shape index (κ3) is 5.46. The van der Waals surface area contributed by atoms with E-state index in [4.69, 9.17) is 4.52 Å². The van der Waals surface area contributed by atoms with Crippen LogP contribution in [-0.4, -0.2) is 50.1 Å². The Bertz CT molecular complexity index is 1200. The fourth-order valence-electron chi connectivity index (χ4n) is 4.64. The number of aromatic nitrogens is 2. The average Bonchev–Trinajstić information content (AvgIpc) is 3.50. The zero-order valence-corrected chi connectivity index (χ0v) is 21.6. The Balaban J connectivity index is 1.46. The molecule has 2 N–H and O–H groups in total. The Kier molecular flexibility index (Phi) is 7.10. The molecule has 0 radical (unpaired) electrons. The number of benzene rings is 1. The molecule has 35 heavy (non-hydrogen) atoms. The van der Waals surface area contributed by atoms with Crippen molar-refractivity contribution >= 4 is 23.2 Å². The van der Waals surface area contributed by atoms with E-state index in [1.807, 2.05) is 50.5 Å². The maximum absolute atomic E-state index is 13.6. The van der Waals surface area contributed by atoms with Crippen molar-refractivity contribution in [3.05, 3.63) is 58.6 Å². The third-order valence-corrected chi connectivity index (χ3v) is 7.40. The van der Waals surface area contributed by atoms with Crippen molar-refractivity contribution in [1.29, 1.82) is 0 Å². The summed E-state index contributed by atoms with van der Waals surface area (Å²) < 4.78 is 5.40. The van der Waals surface area contributed by atoms with Gasteiger partial charge in [0.1, 0.15) is 17.7 Å². The molecule has 1 aliphatic heterocycles. The standard InChI is InChI=1S/C26H32N4O4S/c1-15(2)22(21-10-16(3)29-34-21)25(32)30-13-26(5,33)11-20(30)24(31)27-12-18-6-8-19(9-7-18)23-17(4)28-14-35-23/h6-10,14-15,20,22,33H,11-13H2,1-5H3,(H,27,31)/t20-,22+,26+/m0/s1. The quantitative estimate of drug-likeness (QED) is 0.515. The molecule has 1 aromatic carbocycles. The lowest BCUT2D eigenvalue weighted by molar-refractivity contribution is -0.141. The molecule has 2 aromatic heterocycles. The van der Waals surface area contributed by atoms with E-state index >= 15 is 0 Å². The largest absolute Gasteiger partial charge is 0.388 e. The molecule has 1 aliphatic rings. The SMILES string of the molecule is Cc1cc([C@H](C(=O)N2C[C@](C)(O)C[C@H]2C(=O)NCc2ccc(-c3scnc3C)cc2)C(C)C)on1. The van der Waals surface area contributed by atoms with Crippen molar-refractivity contribution < 1.29 is 19.2 Å². The fourth-order valence-corrected chi connectivity index (χ4v) is 5.45. The molecule has 9 heteroatoms. The molecule has 3 aromatic rings. The summed E-state index contributed by atoms with van der Waals surface area (Å²) >= 11 is 1.60. The number of amides is 2. The lowest BCUT2D eigenvalue weighted by Crippen LogP contribution is -2.48. The highest BCUT2D eigenvalue weighted by molar-refractivity contribution is 7.13. The van der Waals surface area contributed by atoms with Crippen molar-refractivity contribution in [2.24, 2.45) is 5.92 Å². The van der Waals surface area contributed by atoms with Crippen molar-refractivity contribution in [2.45, 2.75) is 65.1 Å². The molecule has 8 nitrogen and oxygen atoms in total. The molecular formula is C26H32N4O4S.